The van der Waals surface area contributed by atoms with Crippen LogP contribution in [-0.4, -0.2) is 47.1 Å². The zero-order valence-corrected chi connectivity index (χ0v) is 14.8. The largest absolute Gasteiger partial charge is 0.480 e. The van der Waals surface area contributed by atoms with E-state index in [1.165, 1.54) is 6.42 Å². The lowest BCUT2D eigenvalue weighted by Gasteiger charge is -2.38. The molecule has 25 heavy (non-hydrogen) atoms. The van der Waals surface area contributed by atoms with E-state index < -0.39 is 12.0 Å². The van der Waals surface area contributed by atoms with Crippen LogP contribution in [0.1, 0.15) is 51.4 Å². The number of carbonyl (C=O) groups excluding carboxylic acids is 1. The molecule has 1 aliphatic carbocycles. The number of carboxylic acids is 1. The second kappa shape index (κ2) is 8.48. The maximum absolute atomic E-state index is 13.2. The average molecular weight is 344 g/mol. The summed E-state index contributed by atoms with van der Waals surface area (Å²) in [5, 5.41) is 9.46. The van der Waals surface area contributed by atoms with Gasteiger partial charge in [0, 0.05) is 11.7 Å². The molecule has 1 amide bonds. The average Bonchev–Trinajstić information content (AvgIpc) is 2.64. The number of piperidine rings is 1. The first-order valence-electron chi connectivity index (χ1n) is 9.51. The van der Waals surface area contributed by atoms with Crippen LogP contribution in [0, 0.1) is 0 Å². The summed E-state index contributed by atoms with van der Waals surface area (Å²) in [6.07, 6.45) is 8.13. The molecule has 5 heteroatoms. The molecule has 1 aromatic carbocycles. The van der Waals surface area contributed by atoms with Crippen molar-refractivity contribution in [1.29, 1.82) is 0 Å². The number of aliphatic carboxylic acids is 1. The summed E-state index contributed by atoms with van der Waals surface area (Å²) < 4.78 is 0. The quantitative estimate of drug-likeness (QED) is 0.890. The standard InChI is InChI=1S/C20H28N2O3/c23-19(15-21-14-8-7-13-18(21)20(24)25)22(16-9-3-1-4-10-16)17-11-5-2-6-12-17/h1,3-4,9-10,17-18H,2,5-8,11-15H2,(H,24,25). The second-order valence-corrected chi connectivity index (χ2v) is 7.21. The Balaban J connectivity index is 1.77. The van der Waals surface area contributed by atoms with Gasteiger partial charge in [-0.2, -0.15) is 0 Å². The maximum atomic E-state index is 13.2. The number of anilines is 1. The Bertz CT molecular complexity index is 584. The van der Waals surface area contributed by atoms with Crippen LogP contribution in [0.5, 0.6) is 0 Å². The minimum absolute atomic E-state index is 0.0336. The molecule has 0 bridgehead atoms. The number of likely N-dealkylation sites (tertiary alicyclic amines) is 1. The molecule has 2 fully saturated rings. The molecule has 5 nitrogen and oxygen atoms in total. The molecule has 1 unspecified atom stereocenters. The van der Waals surface area contributed by atoms with Crippen molar-refractivity contribution in [2.45, 2.75) is 63.5 Å². The van der Waals surface area contributed by atoms with Gasteiger partial charge in [0.2, 0.25) is 5.91 Å². The first-order valence-corrected chi connectivity index (χ1v) is 9.51. The van der Waals surface area contributed by atoms with Gasteiger partial charge in [0.25, 0.3) is 0 Å². The molecule has 1 heterocycles. The van der Waals surface area contributed by atoms with Crippen LogP contribution in [0.25, 0.3) is 0 Å². The lowest BCUT2D eigenvalue weighted by molar-refractivity contribution is -0.145. The van der Waals surface area contributed by atoms with Gasteiger partial charge in [-0.1, -0.05) is 43.9 Å². The van der Waals surface area contributed by atoms with E-state index in [1.807, 2.05) is 40.1 Å². The SMILES string of the molecule is O=C(O)C1CCCCN1CC(=O)N(c1ccccc1)C1CCCCC1. The van der Waals surface area contributed by atoms with E-state index in [0.717, 1.165) is 44.2 Å². The first-order chi connectivity index (χ1) is 12.2. The van der Waals surface area contributed by atoms with Gasteiger partial charge in [-0.25, -0.2) is 0 Å². The van der Waals surface area contributed by atoms with Crippen LogP contribution < -0.4 is 4.90 Å². The highest BCUT2D eigenvalue weighted by molar-refractivity contribution is 5.95. The summed E-state index contributed by atoms with van der Waals surface area (Å²) in [6.45, 7) is 0.887. The van der Waals surface area contributed by atoms with Crippen LogP contribution >= 0.6 is 0 Å². The van der Waals surface area contributed by atoms with Gasteiger partial charge < -0.3 is 10.0 Å². The summed E-state index contributed by atoms with van der Waals surface area (Å²) >= 11 is 0. The third kappa shape index (κ3) is 4.40. The molecule has 3 rings (SSSR count). The molecule has 0 spiro atoms. The highest BCUT2D eigenvalue weighted by Gasteiger charge is 2.33. The zero-order chi connectivity index (χ0) is 17.6. The van der Waals surface area contributed by atoms with Crippen LogP contribution in [0.3, 0.4) is 0 Å². The van der Waals surface area contributed by atoms with E-state index >= 15 is 0 Å². The lowest BCUT2D eigenvalue weighted by Crippen LogP contribution is -2.52. The smallest absolute Gasteiger partial charge is 0.320 e. The predicted octanol–water partition coefficient (Wildman–Crippen LogP) is 3.29. The normalized spacial score (nSPS) is 22.5. The molecule has 0 radical (unpaired) electrons. The molecule has 1 atom stereocenters. The Kier molecular flexibility index (Phi) is 6.08. The van der Waals surface area contributed by atoms with E-state index in [0.29, 0.717) is 13.0 Å². The molecule has 1 aromatic rings. The number of amides is 1. The molecule has 1 saturated carbocycles. The van der Waals surface area contributed by atoms with Gasteiger partial charge in [-0.15, -0.1) is 0 Å². The van der Waals surface area contributed by atoms with E-state index in [4.69, 9.17) is 0 Å². The molecule has 2 aliphatic rings. The van der Waals surface area contributed by atoms with Gasteiger partial charge in [-0.05, 0) is 44.4 Å². The summed E-state index contributed by atoms with van der Waals surface area (Å²) in [6, 6.07) is 9.55. The van der Waals surface area contributed by atoms with Crippen molar-refractivity contribution in [3.8, 4) is 0 Å². The molecule has 0 aromatic heterocycles. The summed E-state index contributed by atoms with van der Waals surface area (Å²) in [5.74, 6) is -0.775. The molecule has 136 valence electrons. The second-order valence-electron chi connectivity index (χ2n) is 7.21. The Labute approximate surface area is 149 Å². The molecule has 1 saturated heterocycles. The van der Waals surface area contributed by atoms with Crippen LogP contribution in [0.2, 0.25) is 0 Å². The molecular weight excluding hydrogens is 316 g/mol. The highest BCUT2D eigenvalue weighted by Crippen LogP contribution is 2.28. The Morgan fingerprint density at radius 2 is 1.68 bits per heavy atom. The lowest BCUT2D eigenvalue weighted by atomic mass is 9.93. The fourth-order valence-electron chi connectivity index (χ4n) is 4.20. The van der Waals surface area contributed by atoms with Crippen molar-refractivity contribution < 1.29 is 14.7 Å². The molecular formula is C20H28N2O3. The Hall–Kier alpha value is -1.88. The third-order valence-corrected chi connectivity index (χ3v) is 5.48. The molecule has 1 aliphatic heterocycles. The van der Waals surface area contributed by atoms with Crippen molar-refractivity contribution in [1.82, 2.24) is 4.90 Å². The Morgan fingerprint density at radius 3 is 2.36 bits per heavy atom. The van der Waals surface area contributed by atoms with E-state index in [1.54, 1.807) is 0 Å². The van der Waals surface area contributed by atoms with Gasteiger partial charge in [0.05, 0.1) is 6.54 Å². The van der Waals surface area contributed by atoms with Gasteiger partial charge in [0.15, 0.2) is 0 Å². The summed E-state index contributed by atoms with van der Waals surface area (Å²) in [4.78, 5) is 28.5. The van der Waals surface area contributed by atoms with Crippen molar-refractivity contribution in [2.75, 3.05) is 18.0 Å². The third-order valence-electron chi connectivity index (χ3n) is 5.48. The number of benzene rings is 1. The summed E-state index contributed by atoms with van der Waals surface area (Å²) in [7, 11) is 0. The van der Waals surface area contributed by atoms with Gasteiger partial charge >= 0.3 is 5.97 Å². The van der Waals surface area contributed by atoms with Crippen molar-refractivity contribution >= 4 is 17.6 Å². The number of hydrogen-bond donors (Lipinski definition) is 1. The number of nitrogens with zero attached hydrogens (tertiary/aromatic N) is 2. The van der Waals surface area contributed by atoms with Crippen LogP contribution in [-0.2, 0) is 9.59 Å². The van der Waals surface area contributed by atoms with Gasteiger partial charge in [-0.3, -0.25) is 14.5 Å². The minimum Gasteiger partial charge on any atom is -0.480 e. The zero-order valence-electron chi connectivity index (χ0n) is 14.8. The van der Waals surface area contributed by atoms with Gasteiger partial charge in [0.1, 0.15) is 6.04 Å². The predicted molar refractivity (Wildman–Crippen MR) is 97.6 cm³/mol. The monoisotopic (exact) mass is 344 g/mol. The van der Waals surface area contributed by atoms with Crippen molar-refractivity contribution in [3.63, 3.8) is 0 Å². The molecule has 1 N–H and O–H groups in total. The number of para-hydroxylation sites is 1. The van der Waals surface area contributed by atoms with Crippen LogP contribution in [0.4, 0.5) is 5.69 Å². The van der Waals surface area contributed by atoms with E-state index in [9.17, 15) is 14.7 Å². The topological polar surface area (TPSA) is 60.9 Å². The number of hydrogen-bond acceptors (Lipinski definition) is 3. The van der Waals surface area contributed by atoms with Crippen molar-refractivity contribution in [2.24, 2.45) is 0 Å². The fraction of sp³-hybridized carbons (Fsp3) is 0.600. The minimum atomic E-state index is -0.809. The van der Waals surface area contributed by atoms with Crippen molar-refractivity contribution in [3.05, 3.63) is 30.3 Å². The number of carbonyl (C=O) groups is 2. The van der Waals surface area contributed by atoms with E-state index in [2.05, 4.69) is 0 Å². The Morgan fingerprint density at radius 1 is 1.00 bits per heavy atom. The highest BCUT2D eigenvalue weighted by atomic mass is 16.4. The van der Waals surface area contributed by atoms with Crippen LogP contribution in [0.15, 0.2) is 30.3 Å². The van der Waals surface area contributed by atoms with E-state index in [-0.39, 0.29) is 18.5 Å². The summed E-state index contributed by atoms with van der Waals surface area (Å²) in [5.41, 5.74) is 0.934. The fourth-order valence-corrected chi connectivity index (χ4v) is 4.20. The number of rotatable bonds is 5. The number of carboxylic acid groups (broad SMARTS) is 1. The maximum Gasteiger partial charge on any atom is 0.320 e. The first kappa shape index (κ1) is 17.9.